The number of nitrogens with one attached hydrogen (secondary N) is 1. The second-order valence-electron chi connectivity index (χ2n) is 8.18. The molecule has 0 fully saturated rings. The minimum Gasteiger partial charge on any atom is -0.458 e. The number of esters is 1. The molecule has 0 bridgehead atoms. The lowest BCUT2D eigenvalue weighted by Crippen LogP contribution is -2.32. The average Bonchev–Trinajstić information content (AvgIpc) is 3.46. The molecule has 0 radical (unpaired) electrons. The van der Waals surface area contributed by atoms with Gasteiger partial charge in [0, 0.05) is 29.1 Å². The van der Waals surface area contributed by atoms with Gasteiger partial charge in [0.05, 0.1) is 29.0 Å². The van der Waals surface area contributed by atoms with Gasteiger partial charge in [0.1, 0.15) is 6.61 Å². The van der Waals surface area contributed by atoms with Gasteiger partial charge in [0.25, 0.3) is 5.56 Å². The van der Waals surface area contributed by atoms with Gasteiger partial charge in [0.15, 0.2) is 17.6 Å². The zero-order valence-corrected chi connectivity index (χ0v) is 19.4. The van der Waals surface area contributed by atoms with Crippen LogP contribution in [0.25, 0.3) is 22.3 Å². The molecular weight excluding hydrogens is 438 g/mol. The van der Waals surface area contributed by atoms with Gasteiger partial charge >= 0.3 is 5.97 Å². The van der Waals surface area contributed by atoms with Crippen LogP contribution in [0.1, 0.15) is 55.5 Å². The van der Waals surface area contributed by atoms with E-state index in [1.807, 2.05) is 26.0 Å². The number of benzene rings is 1. The topological polar surface area (TPSA) is 112 Å². The summed E-state index contributed by atoms with van der Waals surface area (Å²) in [5, 5.41) is 14.7. The Morgan fingerprint density at radius 3 is 2.65 bits per heavy atom. The predicted molar refractivity (Wildman–Crippen MR) is 125 cm³/mol. The van der Waals surface area contributed by atoms with Crippen LogP contribution in [-0.4, -0.2) is 34.0 Å². The number of pyridine rings is 2. The van der Waals surface area contributed by atoms with Gasteiger partial charge in [-0.1, -0.05) is 20.8 Å². The minimum absolute atomic E-state index is 0.137. The number of cyclic esters (lactones) is 1. The lowest BCUT2D eigenvalue weighted by Gasteiger charge is -2.21. The van der Waals surface area contributed by atoms with Crippen LogP contribution >= 0.6 is 0 Å². The summed E-state index contributed by atoms with van der Waals surface area (Å²) in [6.07, 6.45) is -0.475. The SMILES string of the molecule is CC.CCCNCc1c2c(nc3cc4c(cc13)OCO4)-c1cc3c(c(=O)n1C2)COC(=O)C3O. The molecule has 5 heterocycles. The molecule has 2 aromatic heterocycles. The van der Waals surface area contributed by atoms with Crippen molar-refractivity contribution in [2.75, 3.05) is 13.3 Å². The molecule has 1 unspecified atom stereocenters. The van der Waals surface area contributed by atoms with E-state index in [1.54, 1.807) is 10.6 Å². The molecule has 0 amide bonds. The molecule has 34 heavy (non-hydrogen) atoms. The molecule has 178 valence electrons. The van der Waals surface area contributed by atoms with Gasteiger partial charge in [-0.2, -0.15) is 0 Å². The van der Waals surface area contributed by atoms with E-state index in [9.17, 15) is 14.7 Å². The zero-order valence-electron chi connectivity index (χ0n) is 19.4. The van der Waals surface area contributed by atoms with Gasteiger partial charge < -0.3 is 29.2 Å². The number of nitrogens with zero attached hydrogens (tertiary/aromatic N) is 2. The fraction of sp³-hybridized carbons (Fsp3) is 0.400. The highest BCUT2D eigenvalue weighted by Gasteiger charge is 2.35. The third-order valence-electron chi connectivity index (χ3n) is 6.30. The fourth-order valence-electron chi connectivity index (χ4n) is 4.69. The van der Waals surface area contributed by atoms with Crippen LogP contribution in [0.4, 0.5) is 0 Å². The second-order valence-corrected chi connectivity index (χ2v) is 8.18. The number of aliphatic hydroxyl groups is 1. The Labute approximate surface area is 196 Å². The van der Waals surface area contributed by atoms with Crippen molar-refractivity contribution in [2.24, 2.45) is 0 Å². The van der Waals surface area contributed by atoms with Gasteiger partial charge in [0.2, 0.25) is 6.79 Å². The molecular formula is C25H27N3O6. The largest absolute Gasteiger partial charge is 0.458 e. The van der Waals surface area contributed by atoms with Crippen LogP contribution < -0.4 is 20.3 Å². The Balaban J connectivity index is 0.00000117. The standard InChI is InChI=1S/C23H21N3O6.C2H6/c1-2-3-24-7-13-11-5-18-19(32-10-31-18)6-16(11)25-20-14(13)8-26-17(20)4-12-15(22(26)28)9-30-23(29)21(12)27;1-2/h4-6,21,24,27H,2-3,7-10H2,1H3;1-2H3. The zero-order chi connectivity index (χ0) is 24.0. The van der Waals surface area contributed by atoms with E-state index in [0.29, 0.717) is 47.1 Å². The summed E-state index contributed by atoms with van der Waals surface area (Å²) in [5.74, 6) is 0.568. The summed E-state index contributed by atoms with van der Waals surface area (Å²) in [5.41, 5.74) is 4.33. The van der Waals surface area contributed by atoms with Crippen molar-refractivity contribution >= 4 is 16.9 Å². The van der Waals surface area contributed by atoms with E-state index >= 15 is 0 Å². The predicted octanol–water partition coefficient (Wildman–Crippen LogP) is 2.77. The summed E-state index contributed by atoms with van der Waals surface area (Å²) in [6, 6.07) is 5.50. The molecule has 3 aliphatic rings. The van der Waals surface area contributed by atoms with Crippen molar-refractivity contribution in [3.05, 3.63) is 50.8 Å². The number of aliphatic hydroxyl groups excluding tert-OH is 1. The van der Waals surface area contributed by atoms with Crippen LogP contribution in [0.3, 0.4) is 0 Å². The van der Waals surface area contributed by atoms with Crippen LogP contribution in [0.5, 0.6) is 11.5 Å². The number of carbonyl (C=O) groups excluding carboxylic acids is 1. The molecule has 9 heteroatoms. The lowest BCUT2D eigenvalue weighted by atomic mass is 9.98. The van der Waals surface area contributed by atoms with Gasteiger partial charge in [-0.05, 0) is 30.7 Å². The number of hydrogen-bond donors (Lipinski definition) is 2. The normalized spacial score (nSPS) is 16.9. The van der Waals surface area contributed by atoms with Crippen LogP contribution in [0, 0.1) is 0 Å². The molecule has 1 atom stereocenters. The van der Waals surface area contributed by atoms with Crippen molar-refractivity contribution in [3.63, 3.8) is 0 Å². The number of carbonyl (C=O) groups is 1. The molecule has 0 spiro atoms. The average molecular weight is 466 g/mol. The Morgan fingerprint density at radius 2 is 1.88 bits per heavy atom. The van der Waals surface area contributed by atoms with E-state index in [2.05, 4.69) is 12.2 Å². The summed E-state index contributed by atoms with van der Waals surface area (Å²) in [4.78, 5) is 30.0. The maximum Gasteiger partial charge on any atom is 0.340 e. The number of rotatable bonds is 4. The molecule has 1 aromatic carbocycles. The van der Waals surface area contributed by atoms with Crippen LogP contribution in [0.2, 0.25) is 0 Å². The second kappa shape index (κ2) is 8.73. The molecule has 0 aliphatic carbocycles. The van der Waals surface area contributed by atoms with Crippen molar-refractivity contribution in [3.8, 4) is 22.9 Å². The van der Waals surface area contributed by atoms with Gasteiger partial charge in [-0.25, -0.2) is 9.78 Å². The highest BCUT2D eigenvalue weighted by atomic mass is 16.7. The first-order valence-electron chi connectivity index (χ1n) is 11.6. The molecule has 3 aromatic rings. The maximum atomic E-state index is 13.2. The maximum absolute atomic E-state index is 13.2. The lowest BCUT2D eigenvalue weighted by molar-refractivity contribution is -0.157. The smallest absolute Gasteiger partial charge is 0.340 e. The monoisotopic (exact) mass is 465 g/mol. The number of ether oxygens (including phenoxy) is 3. The molecule has 0 saturated carbocycles. The fourth-order valence-corrected chi connectivity index (χ4v) is 4.69. The van der Waals surface area contributed by atoms with Gasteiger partial charge in [-0.3, -0.25) is 4.79 Å². The first kappa shape index (κ1) is 22.4. The van der Waals surface area contributed by atoms with E-state index in [-0.39, 0.29) is 19.0 Å². The van der Waals surface area contributed by atoms with Crippen LogP contribution in [-0.2, 0) is 29.2 Å². The molecule has 6 rings (SSSR count). The Kier molecular flexibility index (Phi) is 5.75. The van der Waals surface area contributed by atoms with E-state index in [4.69, 9.17) is 19.2 Å². The molecule has 9 nitrogen and oxygen atoms in total. The van der Waals surface area contributed by atoms with Crippen molar-refractivity contribution in [2.45, 2.75) is 53.0 Å². The summed E-state index contributed by atoms with van der Waals surface area (Å²) >= 11 is 0. The Hall–Kier alpha value is -3.43. The highest BCUT2D eigenvalue weighted by Crippen LogP contribution is 2.42. The molecule has 2 N–H and O–H groups in total. The number of aromatic nitrogens is 2. The van der Waals surface area contributed by atoms with Crippen molar-refractivity contribution < 1.29 is 24.1 Å². The Morgan fingerprint density at radius 1 is 1.12 bits per heavy atom. The minimum atomic E-state index is -1.47. The third kappa shape index (κ3) is 3.35. The highest BCUT2D eigenvalue weighted by molar-refractivity contribution is 5.91. The van der Waals surface area contributed by atoms with Gasteiger partial charge in [-0.15, -0.1) is 0 Å². The first-order valence-corrected chi connectivity index (χ1v) is 11.6. The molecule has 3 aliphatic heterocycles. The summed E-state index contributed by atoms with van der Waals surface area (Å²) in [7, 11) is 0. The summed E-state index contributed by atoms with van der Waals surface area (Å²) in [6.45, 7) is 7.98. The van der Waals surface area contributed by atoms with Crippen LogP contribution in [0.15, 0.2) is 23.0 Å². The van der Waals surface area contributed by atoms with E-state index in [1.165, 1.54) is 0 Å². The third-order valence-corrected chi connectivity index (χ3v) is 6.30. The molecule has 0 saturated heterocycles. The Bertz CT molecular complexity index is 1360. The summed E-state index contributed by atoms with van der Waals surface area (Å²) < 4.78 is 17.7. The number of hydrogen-bond acceptors (Lipinski definition) is 8. The first-order chi connectivity index (χ1) is 16.6. The van der Waals surface area contributed by atoms with E-state index in [0.717, 1.165) is 35.0 Å². The van der Waals surface area contributed by atoms with Crippen molar-refractivity contribution in [1.82, 2.24) is 14.9 Å². The quantitative estimate of drug-likeness (QED) is 0.350. The number of fused-ring (bicyclic) bond motifs is 6. The van der Waals surface area contributed by atoms with Crippen molar-refractivity contribution in [1.29, 1.82) is 0 Å². The van der Waals surface area contributed by atoms with E-state index < -0.39 is 12.1 Å².